The minimum atomic E-state index is -0.176. The summed E-state index contributed by atoms with van der Waals surface area (Å²) in [6.45, 7) is 4.43. The van der Waals surface area contributed by atoms with Gasteiger partial charge in [0.1, 0.15) is 22.8 Å². The van der Waals surface area contributed by atoms with Crippen molar-refractivity contribution in [2.45, 2.75) is 32.9 Å². The van der Waals surface area contributed by atoms with Crippen LogP contribution in [0.2, 0.25) is 0 Å². The maximum absolute atomic E-state index is 13.6. The maximum atomic E-state index is 13.6. The fourth-order valence-electron chi connectivity index (χ4n) is 3.51. The Bertz CT molecular complexity index is 1230. The first-order valence-corrected chi connectivity index (χ1v) is 10.0. The first kappa shape index (κ1) is 19.6. The predicted octanol–water partition coefficient (Wildman–Crippen LogP) is 4.23. The van der Waals surface area contributed by atoms with Crippen LogP contribution < -0.4 is 10.9 Å². The monoisotopic (exact) mass is 400 g/mol. The molecule has 0 fully saturated rings. The van der Waals surface area contributed by atoms with E-state index in [1.807, 2.05) is 50.2 Å². The summed E-state index contributed by atoms with van der Waals surface area (Å²) in [4.78, 5) is 22.8. The molecule has 4 rings (SSSR count). The fourth-order valence-corrected chi connectivity index (χ4v) is 3.51. The zero-order valence-corrected chi connectivity index (χ0v) is 17.0. The molecule has 0 unspecified atom stereocenters. The van der Waals surface area contributed by atoms with Gasteiger partial charge in [-0.25, -0.2) is 9.97 Å². The third-order valence-electron chi connectivity index (χ3n) is 4.91. The summed E-state index contributed by atoms with van der Waals surface area (Å²) in [6.07, 6.45) is 2.31. The summed E-state index contributed by atoms with van der Waals surface area (Å²) >= 11 is 0. The summed E-state index contributed by atoms with van der Waals surface area (Å²) in [7, 11) is 0. The number of anilines is 1. The molecule has 0 saturated heterocycles. The quantitative estimate of drug-likeness (QED) is 0.506. The molecule has 152 valence electrons. The molecular formula is C24H24N4O2. The van der Waals surface area contributed by atoms with Crippen molar-refractivity contribution in [3.63, 3.8) is 0 Å². The van der Waals surface area contributed by atoms with Crippen LogP contribution >= 0.6 is 0 Å². The Morgan fingerprint density at radius 1 is 1.03 bits per heavy atom. The van der Waals surface area contributed by atoms with Gasteiger partial charge in [-0.1, -0.05) is 42.5 Å². The van der Waals surface area contributed by atoms with Crippen molar-refractivity contribution in [1.29, 1.82) is 0 Å². The number of fused-ring (bicyclic) bond motifs is 1. The van der Waals surface area contributed by atoms with Gasteiger partial charge in [-0.05, 0) is 44.0 Å². The Labute approximate surface area is 174 Å². The van der Waals surface area contributed by atoms with E-state index in [1.54, 1.807) is 35.0 Å². The van der Waals surface area contributed by atoms with Crippen LogP contribution in [0.4, 0.5) is 5.82 Å². The highest BCUT2D eigenvalue weighted by Crippen LogP contribution is 2.28. The highest BCUT2D eigenvalue weighted by molar-refractivity contribution is 5.89. The van der Waals surface area contributed by atoms with Crippen molar-refractivity contribution in [2.75, 3.05) is 5.32 Å². The number of aromatic nitrogens is 3. The van der Waals surface area contributed by atoms with Crippen LogP contribution in [0.1, 0.15) is 19.4 Å². The molecule has 0 aliphatic rings. The van der Waals surface area contributed by atoms with E-state index in [4.69, 9.17) is 4.98 Å². The van der Waals surface area contributed by atoms with Gasteiger partial charge < -0.3 is 10.4 Å². The first-order valence-electron chi connectivity index (χ1n) is 10.0. The van der Waals surface area contributed by atoms with Gasteiger partial charge in [0.15, 0.2) is 0 Å². The number of nitrogens with zero attached hydrogens (tertiary/aromatic N) is 3. The third kappa shape index (κ3) is 3.89. The molecule has 30 heavy (non-hydrogen) atoms. The lowest BCUT2D eigenvalue weighted by Gasteiger charge is -2.17. The number of hydrogen-bond acceptors (Lipinski definition) is 5. The van der Waals surface area contributed by atoms with E-state index < -0.39 is 0 Å². The lowest BCUT2D eigenvalue weighted by Crippen LogP contribution is -2.26. The maximum Gasteiger partial charge on any atom is 0.265 e. The number of aryl methyl sites for hydroxylation is 1. The minimum absolute atomic E-state index is 0.0896. The Balaban J connectivity index is 1.92. The van der Waals surface area contributed by atoms with Gasteiger partial charge in [-0.15, -0.1) is 0 Å². The van der Waals surface area contributed by atoms with Crippen LogP contribution in [0, 0.1) is 0 Å². The normalized spacial score (nSPS) is 11.2. The van der Waals surface area contributed by atoms with Crippen molar-refractivity contribution in [3.05, 3.63) is 82.8 Å². The van der Waals surface area contributed by atoms with E-state index in [2.05, 4.69) is 10.3 Å². The van der Waals surface area contributed by atoms with Gasteiger partial charge in [-0.3, -0.25) is 9.36 Å². The highest BCUT2D eigenvalue weighted by Gasteiger charge is 2.18. The molecule has 0 atom stereocenters. The zero-order chi connectivity index (χ0) is 21.1. The summed E-state index contributed by atoms with van der Waals surface area (Å²) in [5, 5.41) is 14.1. The molecular weight excluding hydrogens is 376 g/mol. The van der Waals surface area contributed by atoms with E-state index in [-0.39, 0.29) is 17.4 Å². The van der Waals surface area contributed by atoms with Gasteiger partial charge in [0.25, 0.3) is 5.56 Å². The van der Waals surface area contributed by atoms with Gasteiger partial charge in [0.2, 0.25) is 0 Å². The van der Waals surface area contributed by atoms with E-state index in [0.29, 0.717) is 41.1 Å². The molecule has 6 heteroatoms. The highest BCUT2D eigenvalue weighted by atomic mass is 16.3. The average Bonchev–Trinajstić information content (AvgIpc) is 2.73. The minimum Gasteiger partial charge on any atom is -0.507 e. The summed E-state index contributed by atoms with van der Waals surface area (Å²) in [5.74, 6) is 1.06. The standard InChI is InChI=1S/C24H24N4O2/c1-16(2)26-22-21-19(12-14-25-22)27-23(18-10-6-7-11-20(18)29)28(24(21)30)15-13-17-8-4-3-5-9-17/h3-12,14,16,29H,13,15H2,1-2H3,(H,25,26). The van der Waals surface area contributed by atoms with Crippen molar-refractivity contribution < 1.29 is 5.11 Å². The molecule has 0 aliphatic carbocycles. The van der Waals surface area contributed by atoms with Crippen molar-refractivity contribution in [3.8, 4) is 17.1 Å². The number of phenolic OH excluding ortho intramolecular Hbond substituents is 1. The molecule has 0 bridgehead atoms. The van der Waals surface area contributed by atoms with Crippen molar-refractivity contribution >= 4 is 16.7 Å². The molecule has 2 aromatic carbocycles. The summed E-state index contributed by atoms with van der Waals surface area (Å²) < 4.78 is 1.64. The molecule has 0 spiro atoms. The fraction of sp³-hybridized carbons (Fsp3) is 0.208. The number of benzene rings is 2. The molecule has 2 aromatic heterocycles. The van der Waals surface area contributed by atoms with Crippen LogP contribution in [0.25, 0.3) is 22.3 Å². The number of rotatable bonds is 6. The van der Waals surface area contributed by atoms with Crippen LogP contribution in [0.15, 0.2) is 71.7 Å². The average molecular weight is 400 g/mol. The number of aromatic hydroxyl groups is 1. The van der Waals surface area contributed by atoms with Gasteiger partial charge in [-0.2, -0.15) is 0 Å². The van der Waals surface area contributed by atoms with Crippen LogP contribution in [0.3, 0.4) is 0 Å². The lowest BCUT2D eigenvalue weighted by molar-refractivity contribution is 0.476. The zero-order valence-electron chi connectivity index (χ0n) is 17.0. The van der Waals surface area contributed by atoms with Crippen molar-refractivity contribution in [2.24, 2.45) is 0 Å². The molecule has 0 radical (unpaired) electrons. The Kier molecular flexibility index (Phi) is 5.48. The number of pyridine rings is 1. The number of para-hydroxylation sites is 1. The molecule has 6 nitrogen and oxygen atoms in total. The van der Waals surface area contributed by atoms with Crippen LogP contribution in [0.5, 0.6) is 5.75 Å². The molecule has 0 aliphatic heterocycles. The SMILES string of the molecule is CC(C)Nc1nccc2nc(-c3ccccc3O)n(CCc3ccccc3)c(=O)c12. The molecule has 4 aromatic rings. The largest absolute Gasteiger partial charge is 0.507 e. The molecule has 0 amide bonds. The third-order valence-corrected chi connectivity index (χ3v) is 4.91. The lowest BCUT2D eigenvalue weighted by atomic mass is 10.1. The van der Waals surface area contributed by atoms with E-state index in [0.717, 1.165) is 5.56 Å². The molecule has 0 saturated carbocycles. The van der Waals surface area contributed by atoms with Gasteiger partial charge in [0.05, 0.1) is 11.1 Å². The van der Waals surface area contributed by atoms with Crippen LogP contribution in [-0.2, 0) is 13.0 Å². The predicted molar refractivity (Wildman–Crippen MR) is 120 cm³/mol. The van der Waals surface area contributed by atoms with Gasteiger partial charge in [0, 0.05) is 18.8 Å². The van der Waals surface area contributed by atoms with Crippen LogP contribution in [-0.4, -0.2) is 25.7 Å². The number of phenols is 1. The smallest absolute Gasteiger partial charge is 0.265 e. The Morgan fingerprint density at radius 2 is 1.77 bits per heavy atom. The van der Waals surface area contributed by atoms with Crippen molar-refractivity contribution in [1.82, 2.24) is 14.5 Å². The molecule has 2 heterocycles. The number of hydrogen-bond donors (Lipinski definition) is 2. The second-order valence-electron chi connectivity index (χ2n) is 7.50. The number of nitrogens with one attached hydrogen (secondary N) is 1. The second kappa shape index (κ2) is 8.37. The second-order valence-corrected chi connectivity index (χ2v) is 7.50. The van der Waals surface area contributed by atoms with Gasteiger partial charge >= 0.3 is 0 Å². The molecule has 2 N–H and O–H groups in total. The van der Waals surface area contributed by atoms with E-state index >= 15 is 0 Å². The van der Waals surface area contributed by atoms with E-state index in [9.17, 15) is 9.90 Å². The Hall–Kier alpha value is -3.67. The van der Waals surface area contributed by atoms with E-state index in [1.165, 1.54) is 0 Å². The summed E-state index contributed by atoms with van der Waals surface area (Å²) in [5.41, 5.74) is 2.02. The first-order chi connectivity index (χ1) is 14.5. The Morgan fingerprint density at radius 3 is 2.50 bits per heavy atom. The summed E-state index contributed by atoms with van der Waals surface area (Å²) in [6, 6.07) is 18.8. The topological polar surface area (TPSA) is 80.0 Å².